The van der Waals surface area contributed by atoms with Gasteiger partial charge in [0, 0.05) is 39.1 Å². The monoisotopic (exact) mass is 303 g/mol. The zero-order chi connectivity index (χ0) is 13.7. The zero-order valence-electron chi connectivity index (χ0n) is 12.3. The quantitative estimate of drug-likeness (QED) is 0.842. The van der Waals surface area contributed by atoms with Crippen LogP contribution in [-0.2, 0) is 9.59 Å². The number of hydrogen-bond acceptors (Lipinski definition) is 3. The number of halogens is 1. The molecule has 1 saturated heterocycles. The van der Waals surface area contributed by atoms with Crippen LogP contribution in [0.25, 0.3) is 0 Å². The summed E-state index contributed by atoms with van der Waals surface area (Å²) in [6, 6.07) is 0. The molecule has 0 aromatic carbocycles. The standard InChI is InChI=1S/C14H25N3O2.ClH/c1-16(14(19)12-5-3-2-4-6-12)11-13(18)17-9-7-15-8-10-17;/h12,15H,2-11H2,1H3;1H. The molecule has 0 unspecified atom stereocenters. The molecule has 2 rings (SSSR count). The predicted octanol–water partition coefficient (Wildman–Crippen LogP) is 0.879. The molecule has 1 saturated carbocycles. The van der Waals surface area contributed by atoms with Gasteiger partial charge >= 0.3 is 0 Å². The molecule has 1 N–H and O–H groups in total. The van der Waals surface area contributed by atoms with Gasteiger partial charge < -0.3 is 15.1 Å². The first kappa shape index (κ1) is 17.2. The Hall–Kier alpha value is -0.810. The van der Waals surface area contributed by atoms with Crippen molar-refractivity contribution in [1.82, 2.24) is 15.1 Å². The van der Waals surface area contributed by atoms with Gasteiger partial charge in [-0.15, -0.1) is 12.4 Å². The Balaban J connectivity index is 0.00000200. The normalized spacial score (nSPS) is 20.1. The van der Waals surface area contributed by atoms with E-state index < -0.39 is 0 Å². The van der Waals surface area contributed by atoms with Crippen molar-refractivity contribution >= 4 is 24.2 Å². The Labute approximate surface area is 127 Å². The van der Waals surface area contributed by atoms with Gasteiger partial charge in [0.2, 0.25) is 11.8 Å². The second-order valence-electron chi connectivity index (χ2n) is 5.66. The maximum Gasteiger partial charge on any atom is 0.242 e. The molecule has 0 radical (unpaired) electrons. The van der Waals surface area contributed by atoms with Gasteiger partial charge in [0.15, 0.2) is 0 Å². The molecule has 5 nitrogen and oxygen atoms in total. The van der Waals surface area contributed by atoms with E-state index in [1.807, 2.05) is 4.90 Å². The summed E-state index contributed by atoms with van der Waals surface area (Å²) in [4.78, 5) is 27.8. The lowest BCUT2D eigenvalue weighted by Crippen LogP contribution is -2.50. The van der Waals surface area contributed by atoms with Gasteiger partial charge in [-0.1, -0.05) is 19.3 Å². The van der Waals surface area contributed by atoms with Crippen LogP contribution in [0, 0.1) is 5.92 Å². The molecule has 1 aliphatic carbocycles. The highest BCUT2D eigenvalue weighted by molar-refractivity contribution is 5.86. The first-order chi connectivity index (χ1) is 9.18. The Morgan fingerprint density at radius 3 is 2.35 bits per heavy atom. The van der Waals surface area contributed by atoms with Crippen LogP contribution in [0.1, 0.15) is 32.1 Å². The number of nitrogens with one attached hydrogen (secondary N) is 1. The fraction of sp³-hybridized carbons (Fsp3) is 0.857. The molecule has 0 atom stereocenters. The molecule has 0 bridgehead atoms. The zero-order valence-corrected chi connectivity index (χ0v) is 13.1. The number of carbonyl (C=O) groups excluding carboxylic acids is 2. The van der Waals surface area contributed by atoms with Gasteiger partial charge in [-0.2, -0.15) is 0 Å². The molecule has 0 spiro atoms. The Bertz CT molecular complexity index is 326. The summed E-state index contributed by atoms with van der Waals surface area (Å²) < 4.78 is 0. The Morgan fingerprint density at radius 1 is 1.15 bits per heavy atom. The molecule has 2 fully saturated rings. The minimum absolute atomic E-state index is 0. The molecule has 116 valence electrons. The van der Waals surface area contributed by atoms with Crippen LogP contribution in [0.2, 0.25) is 0 Å². The molecule has 0 aromatic rings. The second-order valence-corrected chi connectivity index (χ2v) is 5.66. The number of hydrogen-bond donors (Lipinski definition) is 1. The summed E-state index contributed by atoms with van der Waals surface area (Å²) in [6.45, 7) is 3.45. The van der Waals surface area contributed by atoms with E-state index in [1.54, 1.807) is 11.9 Å². The fourth-order valence-corrected chi connectivity index (χ4v) is 2.96. The number of piperazine rings is 1. The Kier molecular flexibility index (Phi) is 7.30. The van der Waals surface area contributed by atoms with Crippen molar-refractivity contribution in [3.8, 4) is 0 Å². The molecule has 0 aromatic heterocycles. The summed E-state index contributed by atoms with van der Waals surface area (Å²) >= 11 is 0. The Morgan fingerprint density at radius 2 is 1.75 bits per heavy atom. The van der Waals surface area contributed by atoms with Crippen molar-refractivity contribution in [2.24, 2.45) is 5.92 Å². The van der Waals surface area contributed by atoms with Gasteiger partial charge in [-0.25, -0.2) is 0 Å². The van der Waals surface area contributed by atoms with Crippen LogP contribution in [0.3, 0.4) is 0 Å². The van der Waals surface area contributed by atoms with E-state index in [0.717, 1.165) is 51.9 Å². The minimum atomic E-state index is 0. The third kappa shape index (κ3) is 4.63. The molecular formula is C14H26ClN3O2. The van der Waals surface area contributed by atoms with E-state index in [0.29, 0.717) is 0 Å². The van der Waals surface area contributed by atoms with Crippen LogP contribution in [0.4, 0.5) is 0 Å². The summed E-state index contributed by atoms with van der Waals surface area (Å²) in [6.07, 6.45) is 5.52. The van der Waals surface area contributed by atoms with Crippen molar-refractivity contribution < 1.29 is 9.59 Å². The van der Waals surface area contributed by atoms with Crippen molar-refractivity contribution in [3.05, 3.63) is 0 Å². The van der Waals surface area contributed by atoms with Crippen molar-refractivity contribution in [2.45, 2.75) is 32.1 Å². The number of likely N-dealkylation sites (N-methyl/N-ethyl adjacent to an activating group) is 1. The number of carbonyl (C=O) groups is 2. The van der Waals surface area contributed by atoms with Gasteiger partial charge in [-0.05, 0) is 12.8 Å². The van der Waals surface area contributed by atoms with Crippen molar-refractivity contribution in [3.63, 3.8) is 0 Å². The van der Waals surface area contributed by atoms with Gasteiger partial charge in [0.25, 0.3) is 0 Å². The highest BCUT2D eigenvalue weighted by Gasteiger charge is 2.26. The maximum absolute atomic E-state index is 12.3. The van der Waals surface area contributed by atoms with Crippen LogP contribution >= 0.6 is 12.4 Å². The van der Waals surface area contributed by atoms with E-state index in [9.17, 15) is 9.59 Å². The minimum Gasteiger partial charge on any atom is -0.339 e. The lowest BCUT2D eigenvalue weighted by atomic mass is 9.88. The average molecular weight is 304 g/mol. The third-order valence-corrected chi connectivity index (χ3v) is 4.17. The number of amides is 2. The van der Waals surface area contributed by atoms with E-state index in [-0.39, 0.29) is 36.7 Å². The maximum atomic E-state index is 12.3. The van der Waals surface area contributed by atoms with Crippen molar-refractivity contribution in [2.75, 3.05) is 39.8 Å². The summed E-state index contributed by atoms with van der Waals surface area (Å²) in [7, 11) is 1.76. The first-order valence-electron chi connectivity index (χ1n) is 7.42. The van der Waals surface area contributed by atoms with Crippen LogP contribution in [-0.4, -0.2) is 61.4 Å². The average Bonchev–Trinajstić information content (AvgIpc) is 2.48. The molecule has 1 heterocycles. The smallest absolute Gasteiger partial charge is 0.242 e. The van der Waals surface area contributed by atoms with Gasteiger partial charge in [0.1, 0.15) is 0 Å². The lowest BCUT2D eigenvalue weighted by Gasteiger charge is -2.31. The molecule has 1 aliphatic heterocycles. The van der Waals surface area contributed by atoms with E-state index >= 15 is 0 Å². The van der Waals surface area contributed by atoms with Gasteiger partial charge in [0.05, 0.1) is 6.54 Å². The second kappa shape index (κ2) is 8.47. The summed E-state index contributed by atoms with van der Waals surface area (Å²) in [5, 5.41) is 3.22. The van der Waals surface area contributed by atoms with E-state index in [2.05, 4.69) is 5.32 Å². The van der Waals surface area contributed by atoms with Crippen LogP contribution in [0.5, 0.6) is 0 Å². The fourth-order valence-electron chi connectivity index (χ4n) is 2.96. The number of nitrogens with zero attached hydrogens (tertiary/aromatic N) is 2. The highest BCUT2D eigenvalue weighted by Crippen LogP contribution is 2.25. The van der Waals surface area contributed by atoms with E-state index in [1.165, 1.54) is 6.42 Å². The predicted molar refractivity (Wildman–Crippen MR) is 80.9 cm³/mol. The van der Waals surface area contributed by atoms with Gasteiger partial charge in [-0.3, -0.25) is 9.59 Å². The molecule has 20 heavy (non-hydrogen) atoms. The molecular weight excluding hydrogens is 278 g/mol. The number of rotatable bonds is 3. The molecule has 2 aliphatic rings. The summed E-state index contributed by atoms with van der Waals surface area (Å²) in [5.74, 6) is 0.380. The molecule has 2 amide bonds. The highest BCUT2D eigenvalue weighted by atomic mass is 35.5. The lowest BCUT2D eigenvalue weighted by molar-refractivity contribution is -0.142. The third-order valence-electron chi connectivity index (χ3n) is 4.17. The largest absolute Gasteiger partial charge is 0.339 e. The summed E-state index contributed by atoms with van der Waals surface area (Å²) in [5.41, 5.74) is 0. The first-order valence-corrected chi connectivity index (χ1v) is 7.42. The topological polar surface area (TPSA) is 52.7 Å². The molecule has 6 heteroatoms. The van der Waals surface area contributed by atoms with Crippen LogP contribution in [0.15, 0.2) is 0 Å². The SMILES string of the molecule is CN(CC(=O)N1CCNCC1)C(=O)C1CCCCC1.Cl. The van der Waals surface area contributed by atoms with Crippen molar-refractivity contribution in [1.29, 1.82) is 0 Å². The van der Waals surface area contributed by atoms with E-state index in [4.69, 9.17) is 0 Å². The van der Waals surface area contributed by atoms with Crippen LogP contribution < -0.4 is 5.32 Å².